The fourth-order valence-electron chi connectivity index (χ4n) is 3.00. The first-order chi connectivity index (χ1) is 14.2. The van der Waals surface area contributed by atoms with Gasteiger partial charge in [-0.25, -0.2) is 9.97 Å². The summed E-state index contributed by atoms with van der Waals surface area (Å²) in [5, 5.41) is 3.94. The van der Waals surface area contributed by atoms with Crippen molar-refractivity contribution >= 4 is 44.9 Å². The van der Waals surface area contributed by atoms with Gasteiger partial charge in [0.25, 0.3) is 5.56 Å². The molecule has 0 aliphatic carbocycles. The molecule has 0 radical (unpaired) electrons. The second kappa shape index (κ2) is 7.55. The highest BCUT2D eigenvalue weighted by molar-refractivity contribution is 7.98. The Balaban J connectivity index is 1.42. The van der Waals surface area contributed by atoms with Crippen molar-refractivity contribution in [2.75, 3.05) is 0 Å². The van der Waals surface area contributed by atoms with Crippen LogP contribution in [-0.4, -0.2) is 19.5 Å². The van der Waals surface area contributed by atoms with Crippen LogP contribution in [0.2, 0.25) is 5.02 Å². The van der Waals surface area contributed by atoms with Crippen LogP contribution in [0, 0.1) is 0 Å². The van der Waals surface area contributed by atoms with Crippen LogP contribution in [0.4, 0.5) is 0 Å². The molecule has 0 saturated carbocycles. The van der Waals surface area contributed by atoms with Gasteiger partial charge in [-0.2, -0.15) is 0 Å². The van der Waals surface area contributed by atoms with Crippen molar-refractivity contribution in [1.29, 1.82) is 0 Å². The first-order valence-electron chi connectivity index (χ1n) is 8.65. The highest BCUT2D eigenvalue weighted by atomic mass is 35.5. The van der Waals surface area contributed by atoms with E-state index in [1.54, 1.807) is 18.5 Å². The third-order valence-corrected chi connectivity index (χ3v) is 6.43. The summed E-state index contributed by atoms with van der Waals surface area (Å²) in [5.41, 5.74) is 1.56. The maximum atomic E-state index is 12.7. The molecule has 0 saturated heterocycles. The smallest absolute Gasteiger partial charge is 0.260 e. The minimum Gasteiger partial charge on any atom is -0.464 e. The molecule has 0 aliphatic rings. The number of H-pyrrole nitrogens is 1. The predicted octanol–water partition coefficient (Wildman–Crippen LogP) is 5.38. The Morgan fingerprint density at radius 2 is 2.10 bits per heavy atom. The first kappa shape index (κ1) is 18.2. The number of nitrogens with one attached hydrogen (secondary N) is 1. The van der Waals surface area contributed by atoms with Crippen LogP contribution in [0.3, 0.4) is 0 Å². The van der Waals surface area contributed by atoms with Crippen LogP contribution in [0.1, 0.15) is 5.82 Å². The number of thiophene rings is 1. The zero-order valence-electron chi connectivity index (χ0n) is 14.8. The van der Waals surface area contributed by atoms with Gasteiger partial charge in [0.2, 0.25) is 0 Å². The molecule has 0 aliphatic heterocycles. The molecule has 9 heteroatoms. The third kappa shape index (κ3) is 3.50. The Labute approximate surface area is 178 Å². The molecule has 0 spiro atoms. The molecule has 0 unspecified atom stereocenters. The molecule has 4 aromatic heterocycles. The zero-order valence-corrected chi connectivity index (χ0v) is 17.2. The number of imidazole rings is 1. The lowest BCUT2D eigenvalue weighted by Gasteiger charge is -2.07. The van der Waals surface area contributed by atoms with E-state index in [-0.39, 0.29) is 5.56 Å². The molecule has 5 aromatic rings. The second-order valence-electron chi connectivity index (χ2n) is 6.16. The minimum atomic E-state index is -0.167. The molecule has 29 heavy (non-hydrogen) atoms. The van der Waals surface area contributed by atoms with Gasteiger partial charge in [-0.1, -0.05) is 23.4 Å². The normalized spacial score (nSPS) is 11.3. The molecule has 0 fully saturated rings. The largest absolute Gasteiger partial charge is 0.464 e. The fraction of sp³-hybridized carbons (Fsp3) is 0.0500. The molecule has 0 amide bonds. The van der Waals surface area contributed by atoms with Crippen LogP contribution in [0.15, 0.2) is 74.8 Å². The summed E-state index contributed by atoms with van der Waals surface area (Å²) in [7, 11) is 0. The average Bonchev–Trinajstić information content (AvgIpc) is 3.47. The summed E-state index contributed by atoms with van der Waals surface area (Å²) in [6, 6.07) is 11.2. The van der Waals surface area contributed by atoms with E-state index in [1.165, 1.54) is 23.1 Å². The molecular weight excluding hydrogens is 428 g/mol. The number of aromatic amines is 1. The van der Waals surface area contributed by atoms with Crippen molar-refractivity contribution in [3.63, 3.8) is 0 Å². The Morgan fingerprint density at radius 1 is 1.24 bits per heavy atom. The van der Waals surface area contributed by atoms with Gasteiger partial charge in [-0.15, -0.1) is 11.3 Å². The molecule has 1 N–H and O–H groups in total. The van der Waals surface area contributed by atoms with Gasteiger partial charge >= 0.3 is 0 Å². The molecular formula is C20H13ClN4O2S2. The molecule has 6 nitrogen and oxygen atoms in total. The first-order valence-corrected chi connectivity index (χ1v) is 10.9. The number of furan rings is 1. The second-order valence-corrected chi connectivity index (χ2v) is 8.40. The molecule has 0 bridgehead atoms. The maximum absolute atomic E-state index is 12.7. The van der Waals surface area contributed by atoms with Crippen molar-refractivity contribution < 1.29 is 4.42 Å². The van der Waals surface area contributed by atoms with E-state index in [2.05, 4.69) is 15.0 Å². The quantitative estimate of drug-likeness (QED) is 0.371. The highest BCUT2D eigenvalue weighted by Gasteiger charge is 2.15. The lowest BCUT2D eigenvalue weighted by molar-refractivity contribution is 0.583. The van der Waals surface area contributed by atoms with Crippen molar-refractivity contribution in [2.45, 2.75) is 10.9 Å². The number of aromatic nitrogens is 4. The summed E-state index contributed by atoms with van der Waals surface area (Å²) >= 11 is 8.91. The van der Waals surface area contributed by atoms with E-state index in [9.17, 15) is 4.79 Å². The maximum Gasteiger partial charge on any atom is 0.260 e. The highest BCUT2D eigenvalue weighted by Crippen LogP contribution is 2.31. The van der Waals surface area contributed by atoms with Gasteiger partial charge in [0.05, 0.1) is 17.4 Å². The molecule has 0 atom stereocenters. The van der Waals surface area contributed by atoms with Crippen LogP contribution < -0.4 is 5.56 Å². The van der Waals surface area contributed by atoms with Crippen molar-refractivity contribution in [1.82, 2.24) is 19.5 Å². The Bertz CT molecular complexity index is 1340. The van der Waals surface area contributed by atoms with Gasteiger partial charge in [-0.05, 0) is 36.4 Å². The van der Waals surface area contributed by atoms with Gasteiger partial charge < -0.3 is 9.40 Å². The lowest BCUT2D eigenvalue weighted by atomic mass is 10.2. The number of fused-ring (bicyclic) bond motifs is 1. The summed E-state index contributed by atoms with van der Waals surface area (Å²) in [5.74, 6) is 1.76. The van der Waals surface area contributed by atoms with E-state index >= 15 is 0 Å². The lowest BCUT2D eigenvalue weighted by Crippen LogP contribution is -2.10. The van der Waals surface area contributed by atoms with E-state index in [1.807, 2.05) is 46.5 Å². The minimum absolute atomic E-state index is 0.167. The van der Waals surface area contributed by atoms with Crippen LogP contribution in [-0.2, 0) is 5.75 Å². The average molecular weight is 441 g/mol. The zero-order chi connectivity index (χ0) is 19.8. The monoisotopic (exact) mass is 440 g/mol. The Hall–Kier alpha value is -2.81. The van der Waals surface area contributed by atoms with Gasteiger partial charge in [-0.3, -0.25) is 9.36 Å². The van der Waals surface area contributed by atoms with E-state index < -0.39 is 0 Å². The molecule has 1 aromatic carbocycles. The fourth-order valence-corrected chi connectivity index (χ4v) is 4.92. The van der Waals surface area contributed by atoms with E-state index in [0.717, 1.165) is 16.4 Å². The number of benzene rings is 1. The van der Waals surface area contributed by atoms with Crippen molar-refractivity contribution in [3.8, 4) is 17.0 Å². The van der Waals surface area contributed by atoms with Crippen molar-refractivity contribution in [3.05, 3.63) is 81.6 Å². The number of hydrogen-bond acceptors (Lipinski definition) is 6. The summed E-state index contributed by atoms with van der Waals surface area (Å²) in [6.07, 6.45) is 5.22. The van der Waals surface area contributed by atoms with Gasteiger partial charge in [0.15, 0.2) is 5.16 Å². The summed E-state index contributed by atoms with van der Waals surface area (Å²) < 4.78 is 7.40. The molecule has 144 valence electrons. The summed E-state index contributed by atoms with van der Waals surface area (Å²) in [6.45, 7) is 0. The standard InChI is InChI=1S/C20H13ClN4O2S2/c21-12-3-5-13(6-4-12)25-8-7-22-20(25)29-11-16-23-18(26)17-14(10-28-19(17)24-16)15-2-1-9-27-15/h1-10H,11H2,(H,23,24,26). The number of halogens is 1. The SMILES string of the molecule is O=c1[nH]c(CSc2nccn2-c2ccc(Cl)cc2)nc2scc(-c3ccco3)c12. The van der Waals surface area contributed by atoms with Gasteiger partial charge in [0.1, 0.15) is 16.4 Å². The van der Waals surface area contributed by atoms with Crippen molar-refractivity contribution in [2.24, 2.45) is 0 Å². The summed E-state index contributed by atoms with van der Waals surface area (Å²) in [4.78, 5) is 25.3. The topological polar surface area (TPSA) is 76.7 Å². The van der Waals surface area contributed by atoms with E-state index in [4.69, 9.17) is 16.0 Å². The van der Waals surface area contributed by atoms with Crippen LogP contribution in [0.25, 0.3) is 27.2 Å². The number of hydrogen-bond donors (Lipinski definition) is 1. The number of nitrogens with zero attached hydrogens (tertiary/aromatic N) is 3. The number of rotatable bonds is 5. The molecule has 5 rings (SSSR count). The third-order valence-electron chi connectivity index (χ3n) is 4.33. The predicted molar refractivity (Wildman–Crippen MR) is 116 cm³/mol. The van der Waals surface area contributed by atoms with Crippen LogP contribution >= 0.6 is 34.7 Å². The number of thioether (sulfide) groups is 1. The Kier molecular flexibility index (Phi) is 4.75. The molecule has 4 heterocycles. The van der Waals surface area contributed by atoms with E-state index in [0.29, 0.717) is 32.6 Å². The Morgan fingerprint density at radius 3 is 2.90 bits per heavy atom. The van der Waals surface area contributed by atoms with Crippen LogP contribution in [0.5, 0.6) is 0 Å². The van der Waals surface area contributed by atoms with Gasteiger partial charge in [0, 0.05) is 34.0 Å².